The summed E-state index contributed by atoms with van der Waals surface area (Å²) >= 11 is 1.59. The fourth-order valence-corrected chi connectivity index (χ4v) is 2.91. The lowest BCUT2D eigenvalue weighted by atomic mass is 10.4. The zero-order chi connectivity index (χ0) is 15.9. The molecule has 6 nitrogen and oxygen atoms in total. The zero-order valence-electron chi connectivity index (χ0n) is 13.4. The molecule has 0 spiro atoms. The first-order valence-corrected chi connectivity index (χ1v) is 8.44. The Morgan fingerprint density at radius 2 is 2.27 bits per heavy atom. The van der Waals surface area contributed by atoms with Crippen LogP contribution in [0.2, 0.25) is 0 Å². The second kappa shape index (κ2) is 7.93. The van der Waals surface area contributed by atoms with Crippen molar-refractivity contribution in [2.24, 2.45) is 7.05 Å². The SMILES string of the molecule is CCCN(Cc1nccn1C)C(=O)NCc1nc(CC)cs1. The van der Waals surface area contributed by atoms with Gasteiger partial charge in [-0.1, -0.05) is 13.8 Å². The van der Waals surface area contributed by atoms with Gasteiger partial charge in [0.1, 0.15) is 10.8 Å². The molecule has 7 heteroatoms. The molecule has 2 rings (SSSR count). The molecule has 2 amide bonds. The quantitative estimate of drug-likeness (QED) is 0.852. The van der Waals surface area contributed by atoms with E-state index in [0.29, 0.717) is 19.6 Å². The number of nitrogens with one attached hydrogen (secondary N) is 1. The van der Waals surface area contributed by atoms with Gasteiger partial charge in [-0.2, -0.15) is 0 Å². The average molecular weight is 321 g/mol. The largest absolute Gasteiger partial charge is 0.337 e. The molecule has 0 aliphatic rings. The van der Waals surface area contributed by atoms with Crippen LogP contribution in [0, 0.1) is 0 Å². The molecule has 0 atom stereocenters. The van der Waals surface area contributed by atoms with Gasteiger partial charge in [0, 0.05) is 31.4 Å². The van der Waals surface area contributed by atoms with E-state index in [1.807, 2.05) is 23.2 Å². The number of amides is 2. The van der Waals surface area contributed by atoms with Crippen molar-refractivity contribution < 1.29 is 4.79 Å². The van der Waals surface area contributed by atoms with Crippen molar-refractivity contribution in [1.82, 2.24) is 24.8 Å². The highest BCUT2D eigenvalue weighted by Crippen LogP contribution is 2.10. The Hall–Kier alpha value is -1.89. The third-order valence-electron chi connectivity index (χ3n) is 3.39. The number of rotatable bonds is 7. The van der Waals surface area contributed by atoms with Crippen molar-refractivity contribution in [2.45, 2.75) is 39.8 Å². The second-order valence-electron chi connectivity index (χ2n) is 5.12. The number of imidazole rings is 1. The van der Waals surface area contributed by atoms with Crippen molar-refractivity contribution in [3.63, 3.8) is 0 Å². The minimum atomic E-state index is -0.0712. The van der Waals surface area contributed by atoms with Crippen LogP contribution in [0.5, 0.6) is 0 Å². The van der Waals surface area contributed by atoms with Crippen molar-refractivity contribution >= 4 is 17.4 Å². The van der Waals surface area contributed by atoms with E-state index in [0.717, 1.165) is 29.4 Å². The van der Waals surface area contributed by atoms with Crippen LogP contribution in [-0.2, 0) is 26.6 Å². The summed E-state index contributed by atoms with van der Waals surface area (Å²) in [5.74, 6) is 0.881. The Balaban J connectivity index is 1.92. The number of aryl methyl sites for hydroxylation is 2. The summed E-state index contributed by atoms with van der Waals surface area (Å²) < 4.78 is 1.93. The number of nitrogens with zero attached hydrogens (tertiary/aromatic N) is 4. The zero-order valence-corrected chi connectivity index (χ0v) is 14.2. The first-order valence-electron chi connectivity index (χ1n) is 7.56. The molecule has 2 aromatic heterocycles. The van der Waals surface area contributed by atoms with Crippen LogP contribution < -0.4 is 5.32 Å². The topological polar surface area (TPSA) is 63.1 Å². The Kier molecular flexibility index (Phi) is 5.94. The summed E-state index contributed by atoms with van der Waals surface area (Å²) in [4.78, 5) is 22.9. The van der Waals surface area contributed by atoms with Gasteiger partial charge in [-0.15, -0.1) is 11.3 Å². The second-order valence-corrected chi connectivity index (χ2v) is 6.06. The third kappa shape index (κ3) is 4.30. The summed E-state index contributed by atoms with van der Waals surface area (Å²) in [7, 11) is 1.94. The summed E-state index contributed by atoms with van der Waals surface area (Å²) in [5, 5.41) is 5.94. The van der Waals surface area contributed by atoms with Crippen LogP contribution in [-0.4, -0.2) is 32.0 Å². The predicted octanol–water partition coefficient (Wildman–Crippen LogP) is 2.56. The van der Waals surface area contributed by atoms with Crippen molar-refractivity contribution in [2.75, 3.05) is 6.54 Å². The van der Waals surface area contributed by atoms with Crippen molar-refractivity contribution in [3.8, 4) is 0 Å². The average Bonchev–Trinajstić information content (AvgIpc) is 3.13. The van der Waals surface area contributed by atoms with Crippen LogP contribution in [0.1, 0.15) is 36.8 Å². The first kappa shape index (κ1) is 16.5. The number of urea groups is 1. The monoisotopic (exact) mass is 321 g/mol. The molecular formula is C15H23N5OS. The Morgan fingerprint density at radius 3 is 2.86 bits per heavy atom. The normalized spacial score (nSPS) is 10.7. The van der Waals surface area contributed by atoms with Crippen LogP contribution in [0.15, 0.2) is 17.8 Å². The molecule has 0 aliphatic carbocycles. The van der Waals surface area contributed by atoms with Gasteiger partial charge >= 0.3 is 6.03 Å². The smallest absolute Gasteiger partial charge is 0.318 e. The molecule has 0 saturated carbocycles. The number of hydrogen-bond donors (Lipinski definition) is 1. The number of carbonyl (C=O) groups excluding carboxylic acids is 1. The van der Waals surface area contributed by atoms with Gasteiger partial charge < -0.3 is 14.8 Å². The Bertz CT molecular complexity index is 607. The first-order chi connectivity index (χ1) is 10.6. The maximum absolute atomic E-state index is 12.4. The molecule has 0 bridgehead atoms. The minimum absolute atomic E-state index is 0.0712. The van der Waals surface area contributed by atoms with Gasteiger partial charge in [0.15, 0.2) is 0 Å². The summed E-state index contributed by atoms with van der Waals surface area (Å²) in [6, 6.07) is -0.0712. The molecule has 1 N–H and O–H groups in total. The van der Waals surface area contributed by atoms with E-state index in [1.54, 1.807) is 22.4 Å². The molecule has 2 aromatic rings. The molecule has 22 heavy (non-hydrogen) atoms. The van der Waals surface area contributed by atoms with Gasteiger partial charge in [0.25, 0.3) is 0 Å². The van der Waals surface area contributed by atoms with E-state index in [2.05, 4.69) is 29.1 Å². The van der Waals surface area contributed by atoms with E-state index in [-0.39, 0.29) is 6.03 Å². The molecule has 120 valence electrons. The highest BCUT2D eigenvalue weighted by molar-refractivity contribution is 7.09. The maximum atomic E-state index is 12.4. The van der Waals surface area contributed by atoms with Crippen LogP contribution in [0.3, 0.4) is 0 Å². The Morgan fingerprint density at radius 1 is 1.45 bits per heavy atom. The summed E-state index contributed by atoms with van der Waals surface area (Å²) in [5.41, 5.74) is 1.08. The molecule has 2 heterocycles. The standard InChI is InChI=1S/C15H23N5OS/c1-4-7-20(10-13-16-6-8-19(13)3)15(21)17-9-14-18-12(5-2)11-22-14/h6,8,11H,4-5,7,9-10H2,1-3H3,(H,17,21). The van der Waals surface area contributed by atoms with E-state index in [1.165, 1.54) is 0 Å². The number of carbonyl (C=O) groups is 1. The summed E-state index contributed by atoms with van der Waals surface area (Å²) in [6.07, 6.45) is 5.47. The molecular weight excluding hydrogens is 298 g/mol. The van der Waals surface area contributed by atoms with Crippen molar-refractivity contribution in [3.05, 3.63) is 34.3 Å². The van der Waals surface area contributed by atoms with E-state index >= 15 is 0 Å². The van der Waals surface area contributed by atoms with Gasteiger partial charge in [-0.05, 0) is 12.8 Å². The molecule has 0 aliphatic heterocycles. The Labute approximate surface area is 135 Å². The van der Waals surface area contributed by atoms with Gasteiger partial charge in [0.2, 0.25) is 0 Å². The maximum Gasteiger partial charge on any atom is 0.318 e. The van der Waals surface area contributed by atoms with Gasteiger partial charge in [0.05, 0.1) is 18.8 Å². The lowest BCUT2D eigenvalue weighted by Gasteiger charge is -2.22. The highest BCUT2D eigenvalue weighted by atomic mass is 32.1. The molecule has 0 aromatic carbocycles. The minimum Gasteiger partial charge on any atom is -0.337 e. The molecule has 0 radical (unpaired) electrons. The number of hydrogen-bond acceptors (Lipinski definition) is 4. The van der Waals surface area contributed by atoms with Gasteiger partial charge in [-0.3, -0.25) is 0 Å². The van der Waals surface area contributed by atoms with E-state index in [9.17, 15) is 4.79 Å². The molecule has 0 saturated heterocycles. The number of thiazole rings is 1. The van der Waals surface area contributed by atoms with Crippen LogP contribution in [0.25, 0.3) is 0 Å². The fraction of sp³-hybridized carbons (Fsp3) is 0.533. The highest BCUT2D eigenvalue weighted by Gasteiger charge is 2.15. The van der Waals surface area contributed by atoms with Crippen LogP contribution >= 0.6 is 11.3 Å². The van der Waals surface area contributed by atoms with Crippen molar-refractivity contribution in [1.29, 1.82) is 0 Å². The van der Waals surface area contributed by atoms with E-state index < -0.39 is 0 Å². The fourth-order valence-electron chi connectivity index (χ4n) is 2.10. The molecule has 0 unspecified atom stereocenters. The van der Waals surface area contributed by atoms with E-state index in [4.69, 9.17) is 0 Å². The van der Waals surface area contributed by atoms with Gasteiger partial charge in [-0.25, -0.2) is 14.8 Å². The third-order valence-corrected chi connectivity index (χ3v) is 4.28. The lowest BCUT2D eigenvalue weighted by molar-refractivity contribution is 0.192. The number of aromatic nitrogens is 3. The molecule has 0 fully saturated rings. The lowest BCUT2D eigenvalue weighted by Crippen LogP contribution is -2.40. The van der Waals surface area contributed by atoms with Crippen LogP contribution in [0.4, 0.5) is 4.79 Å². The summed E-state index contributed by atoms with van der Waals surface area (Å²) in [6.45, 7) is 5.84. The predicted molar refractivity (Wildman–Crippen MR) is 87.6 cm³/mol.